The Labute approximate surface area is 142 Å². The highest BCUT2D eigenvalue weighted by Gasteiger charge is 2.38. The van der Waals surface area contributed by atoms with Gasteiger partial charge in [-0.2, -0.15) is 5.01 Å². The van der Waals surface area contributed by atoms with Gasteiger partial charge in [-0.3, -0.25) is 4.98 Å². The summed E-state index contributed by atoms with van der Waals surface area (Å²) in [5.74, 6) is 0. The van der Waals surface area contributed by atoms with Gasteiger partial charge in [-0.05, 0) is 53.7 Å². The SMILES string of the molecule is CC(C)(C)OC(=O)N1CCc2ncccc2N1C(=O)OC(C)(C)C. The van der Waals surface area contributed by atoms with Crippen LogP contribution >= 0.6 is 0 Å². The molecule has 0 N–H and O–H groups in total. The molecule has 7 heteroatoms. The van der Waals surface area contributed by atoms with Crippen molar-refractivity contribution in [1.29, 1.82) is 0 Å². The number of carbonyl (C=O) groups excluding carboxylic acids is 2. The summed E-state index contributed by atoms with van der Waals surface area (Å²) >= 11 is 0. The van der Waals surface area contributed by atoms with Gasteiger partial charge >= 0.3 is 12.2 Å². The highest BCUT2D eigenvalue weighted by molar-refractivity contribution is 5.92. The number of hydrazine groups is 1. The molecule has 0 radical (unpaired) electrons. The highest BCUT2D eigenvalue weighted by atomic mass is 16.6. The van der Waals surface area contributed by atoms with Crippen LogP contribution in [0.15, 0.2) is 18.3 Å². The summed E-state index contributed by atoms with van der Waals surface area (Å²) in [6.07, 6.45) is 0.967. The van der Waals surface area contributed by atoms with E-state index in [9.17, 15) is 9.59 Å². The number of aromatic nitrogens is 1. The van der Waals surface area contributed by atoms with Crippen molar-refractivity contribution in [3.8, 4) is 0 Å². The van der Waals surface area contributed by atoms with E-state index in [4.69, 9.17) is 9.47 Å². The summed E-state index contributed by atoms with van der Waals surface area (Å²) < 4.78 is 10.9. The van der Waals surface area contributed by atoms with E-state index < -0.39 is 23.4 Å². The molecule has 1 aliphatic rings. The summed E-state index contributed by atoms with van der Waals surface area (Å²) in [5, 5.41) is 2.48. The van der Waals surface area contributed by atoms with E-state index in [2.05, 4.69) is 4.98 Å². The Morgan fingerprint density at radius 2 is 1.62 bits per heavy atom. The third kappa shape index (κ3) is 4.37. The van der Waals surface area contributed by atoms with Crippen LogP contribution in [0.3, 0.4) is 0 Å². The summed E-state index contributed by atoms with van der Waals surface area (Å²) in [5.41, 5.74) is -0.0744. The van der Waals surface area contributed by atoms with Gasteiger partial charge in [0.1, 0.15) is 11.2 Å². The van der Waals surface area contributed by atoms with Gasteiger partial charge in [-0.1, -0.05) is 0 Å². The number of nitrogens with zero attached hydrogens (tertiary/aromatic N) is 3. The first-order valence-corrected chi connectivity index (χ1v) is 7.95. The number of rotatable bonds is 0. The molecule has 0 aliphatic carbocycles. The maximum Gasteiger partial charge on any atom is 0.434 e. The van der Waals surface area contributed by atoms with E-state index in [0.717, 1.165) is 5.69 Å². The van der Waals surface area contributed by atoms with E-state index in [1.165, 1.54) is 10.0 Å². The van der Waals surface area contributed by atoms with Gasteiger partial charge in [0, 0.05) is 12.6 Å². The zero-order chi connectivity index (χ0) is 18.1. The summed E-state index contributed by atoms with van der Waals surface area (Å²) in [6.45, 7) is 11.0. The maximum absolute atomic E-state index is 12.7. The van der Waals surface area contributed by atoms with Crippen LogP contribution in [-0.2, 0) is 15.9 Å². The maximum atomic E-state index is 12.7. The summed E-state index contributed by atoms with van der Waals surface area (Å²) in [4.78, 5) is 29.5. The molecule has 0 saturated heterocycles. The van der Waals surface area contributed by atoms with Crippen molar-refractivity contribution in [3.05, 3.63) is 24.0 Å². The molecule has 2 amide bonds. The van der Waals surface area contributed by atoms with E-state index in [-0.39, 0.29) is 6.54 Å². The number of fused-ring (bicyclic) bond motifs is 1. The molecule has 2 rings (SSSR count). The predicted octanol–water partition coefficient (Wildman–Crippen LogP) is 3.53. The summed E-state index contributed by atoms with van der Waals surface area (Å²) in [6, 6.07) is 3.46. The number of hydrogen-bond acceptors (Lipinski definition) is 5. The average molecular weight is 335 g/mol. The molecule has 1 aromatic heterocycles. The largest absolute Gasteiger partial charge is 0.442 e. The van der Waals surface area contributed by atoms with E-state index in [1.54, 1.807) is 59.9 Å². The second kappa shape index (κ2) is 6.30. The molecule has 0 spiro atoms. The van der Waals surface area contributed by atoms with Gasteiger partial charge < -0.3 is 9.47 Å². The minimum Gasteiger partial charge on any atom is -0.442 e. The molecular formula is C17H25N3O4. The third-order valence-electron chi connectivity index (χ3n) is 3.07. The predicted molar refractivity (Wildman–Crippen MR) is 89.6 cm³/mol. The molecule has 2 heterocycles. The fraction of sp³-hybridized carbons (Fsp3) is 0.588. The second-order valence-corrected chi connectivity index (χ2v) is 7.61. The molecule has 7 nitrogen and oxygen atoms in total. The molecule has 0 fully saturated rings. The van der Waals surface area contributed by atoms with Crippen molar-refractivity contribution in [2.75, 3.05) is 11.6 Å². The second-order valence-electron chi connectivity index (χ2n) is 7.61. The van der Waals surface area contributed by atoms with Crippen molar-refractivity contribution in [3.63, 3.8) is 0 Å². The lowest BCUT2D eigenvalue weighted by atomic mass is 10.2. The Balaban J connectivity index is 2.36. The van der Waals surface area contributed by atoms with Crippen LogP contribution in [0, 0.1) is 0 Å². The first-order chi connectivity index (χ1) is 11.0. The Morgan fingerprint density at radius 3 is 2.21 bits per heavy atom. The van der Waals surface area contributed by atoms with E-state index in [0.29, 0.717) is 12.1 Å². The molecule has 1 aliphatic heterocycles. The van der Waals surface area contributed by atoms with Crippen molar-refractivity contribution in [2.45, 2.75) is 59.2 Å². The molecule has 24 heavy (non-hydrogen) atoms. The van der Waals surface area contributed by atoms with Crippen molar-refractivity contribution in [1.82, 2.24) is 9.99 Å². The van der Waals surface area contributed by atoms with Gasteiger partial charge in [0.2, 0.25) is 0 Å². The molecule has 132 valence electrons. The third-order valence-corrected chi connectivity index (χ3v) is 3.07. The van der Waals surface area contributed by atoms with E-state index >= 15 is 0 Å². The number of amides is 2. The number of carbonyl (C=O) groups is 2. The number of anilines is 1. The zero-order valence-corrected chi connectivity index (χ0v) is 15.1. The molecule has 0 bridgehead atoms. The molecule has 0 unspecified atom stereocenters. The Kier molecular flexibility index (Phi) is 4.73. The normalized spacial score (nSPS) is 14.9. The fourth-order valence-electron chi connectivity index (χ4n) is 2.25. The zero-order valence-electron chi connectivity index (χ0n) is 15.1. The van der Waals surface area contributed by atoms with Gasteiger partial charge in [0.25, 0.3) is 0 Å². The monoisotopic (exact) mass is 335 g/mol. The number of hydrogen-bond donors (Lipinski definition) is 0. The van der Waals surface area contributed by atoms with Gasteiger partial charge in [-0.25, -0.2) is 14.6 Å². The lowest BCUT2D eigenvalue weighted by Crippen LogP contribution is -2.56. The van der Waals surface area contributed by atoms with Crippen LogP contribution in [0.2, 0.25) is 0 Å². The van der Waals surface area contributed by atoms with Crippen LogP contribution in [0.25, 0.3) is 0 Å². The lowest BCUT2D eigenvalue weighted by molar-refractivity contribution is 0.0120. The van der Waals surface area contributed by atoms with Crippen LogP contribution < -0.4 is 5.01 Å². The molecular weight excluding hydrogens is 310 g/mol. The molecule has 0 saturated carbocycles. The van der Waals surface area contributed by atoms with Gasteiger partial charge in [0.15, 0.2) is 0 Å². The Bertz CT molecular complexity index is 631. The van der Waals surface area contributed by atoms with Gasteiger partial charge in [0.05, 0.1) is 17.9 Å². The lowest BCUT2D eigenvalue weighted by Gasteiger charge is -2.39. The standard InChI is InChI=1S/C17H25N3O4/c1-16(2,3)23-14(21)19-11-9-12-13(8-7-10-18-12)20(19)15(22)24-17(4,5)6/h7-8,10H,9,11H2,1-6H3. The highest BCUT2D eigenvalue weighted by Crippen LogP contribution is 2.29. The van der Waals surface area contributed by atoms with Crippen LogP contribution in [0.4, 0.5) is 15.3 Å². The Morgan fingerprint density at radius 1 is 1.04 bits per heavy atom. The molecule has 0 aromatic carbocycles. The smallest absolute Gasteiger partial charge is 0.434 e. The van der Waals surface area contributed by atoms with Gasteiger partial charge in [-0.15, -0.1) is 0 Å². The van der Waals surface area contributed by atoms with Crippen LogP contribution in [0.1, 0.15) is 47.2 Å². The quantitative estimate of drug-likeness (QED) is 0.725. The van der Waals surface area contributed by atoms with Crippen molar-refractivity contribution < 1.29 is 19.1 Å². The fourth-order valence-corrected chi connectivity index (χ4v) is 2.25. The van der Waals surface area contributed by atoms with E-state index in [1.807, 2.05) is 0 Å². The minimum atomic E-state index is -0.684. The summed E-state index contributed by atoms with van der Waals surface area (Å²) in [7, 11) is 0. The number of pyridine rings is 1. The van der Waals surface area contributed by atoms with Crippen LogP contribution in [-0.4, -0.2) is 39.9 Å². The first kappa shape index (κ1) is 18.0. The Hall–Kier alpha value is -2.31. The van der Waals surface area contributed by atoms with Crippen LogP contribution in [0.5, 0.6) is 0 Å². The molecule has 1 aromatic rings. The average Bonchev–Trinajstić information content (AvgIpc) is 2.42. The first-order valence-electron chi connectivity index (χ1n) is 7.95. The minimum absolute atomic E-state index is 0.290. The van der Waals surface area contributed by atoms with Crippen molar-refractivity contribution >= 4 is 17.9 Å². The number of ether oxygens (including phenoxy) is 2. The topological polar surface area (TPSA) is 72.0 Å². The van der Waals surface area contributed by atoms with Crippen molar-refractivity contribution in [2.24, 2.45) is 0 Å². The molecule has 0 atom stereocenters.